The van der Waals surface area contributed by atoms with Crippen LogP contribution in [0.2, 0.25) is 0 Å². The summed E-state index contributed by atoms with van der Waals surface area (Å²) in [5, 5.41) is 10.9. The van der Waals surface area contributed by atoms with E-state index in [0.717, 1.165) is 13.1 Å². The molecule has 1 atom stereocenters. The topological polar surface area (TPSA) is 70.1 Å². The van der Waals surface area contributed by atoms with E-state index in [9.17, 15) is 19.1 Å². The van der Waals surface area contributed by atoms with E-state index in [0.29, 0.717) is 24.4 Å². The second-order valence-electron chi connectivity index (χ2n) is 7.30. The third kappa shape index (κ3) is 4.61. The summed E-state index contributed by atoms with van der Waals surface area (Å²) in [7, 11) is 1.56. The van der Waals surface area contributed by atoms with Crippen LogP contribution in [-0.2, 0) is 9.59 Å². The zero-order valence-corrected chi connectivity index (χ0v) is 18.0. The maximum absolute atomic E-state index is 13.3. The lowest BCUT2D eigenvalue weighted by molar-refractivity contribution is -0.140. The highest BCUT2D eigenvalue weighted by atomic mass is 19.1. The van der Waals surface area contributed by atoms with Gasteiger partial charge in [0.15, 0.2) is 0 Å². The van der Waals surface area contributed by atoms with E-state index >= 15 is 0 Å². The fourth-order valence-corrected chi connectivity index (χ4v) is 3.80. The first-order valence-corrected chi connectivity index (χ1v) is 10.3. The van der Waals surface area contributed by atoms with E-state index in [-0.39, 0.29) is 16.9 Å². The van der Waals surface area contributed by atoms with Gasteiger partial charge in [0.05, 0.1) is 18.7 Å². The van der Waals surface area contributed by atoms with E-state index in [1.165, 1.54) is 29.2 Å². The fraction of sp³-hybridized carbons (Fsp3) is 0.333. The number of aliphatic hydroxyl groups is 1. The molecule has 3 rings (SSSR count). The third-order valence-corrected chi connectivity index (χ3v) is 5.64. The average Bonchev–Trinajstić information content (AvgIpc) is 3.04. The Morgan fingerprint density at radius 2 is 1.68 bits per heavy atom. The molecule has 1 N–H and O–H groups in total. The van der Waals surface area contributed by atoms with Crippen molar-refractivity contribution >= 4 is 17.4 Å². The second kappa shape index (κ2) is 9.75. The van der Waals surface area contributed by atoms with Crippen LogP contribution in [0.15, 0.2) is 54.1 Å². The Kier molecular flexibility index (Phi) is 7.07. The molecule has 1 fully saturated rings. The summed E-state index contributed by atoms with van der Waals surface area (Å²) in [4.78, 5) is 29.6. The van der Waals surface area contributed by atoms with Crippen LogP contribution in [0.4, 0.5) is 4.39 Å². The molecule has 164 valence electrons. The van der Waals surface area contributed by atoms with E-state index in [4.69, 9.17) is 4.74 Å². The van der Waals surface area contributed by atoms with Gasteiger partial charge in [-0.1, -0.05) is 26.0 Å². The zero-order chi connectivity index (χ0) is 22.5. The largest absolute Gasteiger partial charge is 0.507 e. The number of amides is 1. The average molecular weight is 426 g/mol. The first-order chi connectivity index (χ1) is 14.9. The van der Waals surface area contributed by atoms with Gasteiger partial charge in [-0.05, 0) is 55.1 Å². The zero-order valence-electron chi connectivity index (χ0n) is 18.0. The van der Waals surface area contributed by atoms with Crippen molar-refractivity contribution in [1.29, 1.82) is 0 Å². The van der Waals surface area contributed by atoms with Crippen LogP contribution in [0.3, 0.4) is 0 Å². The Labute approximate surface area is 181 Å². The molecule has 31 heavy (non-hydrogen) atoms. The monoisotopic (exact) mass is 426 g/mol. The highest BCUT2D eigenvalue weighted by molar-refractivity contribution is 6.46. The van der Waals surface area contributed by atoms with E-state index in [1.54, 1.807) is 31.4 Å². The number of aliphatic hydroxyl groups excluding tert-OH is 1. The molecule has 0 bridgehead atoms. The van der Waals surface area contributed by atoms with Crippen LogP contribution < -0.4 is 4.74 Å². The number of ketones is 1. The molecule has 2 aromatic rings. The molecule has 1 aliphatic heterocycles. The number of nitrogens with zero attached hydrogens (tertiary/aromatic N) is 2. The Hall–Kier alpha value is -3.19. The fourth-order valence-electron chi connectivity index (χ4n) is 3.80. The summed E-state index contributed by atoms with van der Waals surface area (Å²) < 4.78 is 18.6. The summed E-state index contributed by atoms with van der Waals surface area (Å²) in [5.41, 5.74) is 0.964. The van der Waals surface area contributed by atoms with Gasteiger partial charge >= 0.3 is 0 Å². The number of carbonyl (C=O) groups excluding carboxylic acids is 2. The molecule has 0 aliphatic carbocycles. The molecule has 0 radical (unpaired) electrons. The maximum Gasteiger partial charge on any atom is 0.295 e. The Morgan fingerprint density at radius 3 is 2.23 bits per heavy atom. The van der Waals surface area contributed by atoms with Gasteiger partial charge < -0.3 is 19.6 Å². The van der Waals surface area contributed by atoms with Gasteiger partial charge in [-0.3, -0.25) is 9.59 Å². The minimum absolute atomic E-state index is 0.00122. The van der Waals surface area contributed by atoms with Crippen molar-refractivity contribution in [3.63, 3.8) is 0 Å². The lowest BCUT2D eigenvalue weighted by Crippen LogP contribution is -2.38. The van der Waals surface area contributed by atoms with Gasteiger partial charge in [-0.2, -0.15) is 0 Å². The molecule has 0 unspecified atom stereocenters. The minimum atomic E-state index is -0.748. The third-order valence-electron chi connectivity index (χ3n) is 5.64. The molecular formula is C24H27FN2O4. The number of likely N-dealkylation sites (N-methyl/N-ethyl adjacent to an activating group) is 1. The van der Waals surface area contributed by atoms with Gasteiger partial charge in [0.2, 0.25) is 0 Å². The number of carbonyl (C=O) groups is 2. The van der Waals surface area contributed by atoms with Gasteiger partial charge in [-0.15, -0.1) is 0 Å². The molecule has 1 heterocycles. The van der Waals surface area contributed by atoms with Crippen molar-refractivity contribution in [3.8, 4) is 5.75 Å². The minimum Gasteiger partial charge on any atom is -0.507 e. The number of ether oxygens (including phenoxy) is 1. The number of hydrogen-bond acceptors (Lipinski definition) is 5. The van der Waals surface area contributed by atoms with Gasteiger partial charge in [0, 0.05) is 18.7 Å². The predicted molar refractivity (Wildman–Crippen MR) is 116 cm³/mol. The molecule has 0 aromatic heterocycles. The molecule has 1 amide bonds. The van der Waals surface area contributed by atoms with Crippen LogP contribution in [-0.4, -0.2) is 59.9 Å². The second-order valence-corrected chi connectivity index (χ2v) is 7.30. The molecule has 1 saturated heterocycles. The maximum atomic E-state index is 13.3. The number of benzene rings is 2. The van der Waals surface area contributed by atoms with Crippen molar-refractivity contribution in [3.05, 3.63) is 71.0 Å². The molecule has 1 aliphatic rings. The first kappa shape index (κ1) is 22.5. The number of Topliss-reactive ketones (excluding diaryl/α,β-unsaturated/α-hetero) is 1. The lowest BCUT2D eigenvalue weighted by atomic mass is 9.95. The van der Waals surface area contributed by atoms with E-state index < -0.39 is 23.5 Å². The standard InChI is InChI=1S/C24H27FN2O4/c1-4-26(5-2)14-15-27-21(16-8-12-19(31-3)13-9-16)20(23(29)24(27)30)22(28)17-6-10-18(25)11-7-17/h6-13,21,28H,4-5,14-15H2,1-3H3/t21-/m1/s1. The number of halogens is 1. The van der Waals surface area contributed by atoms with Gasteiger partial charge in [0.25, 0.3) is 11.7 Å². The van der Waals surface area contributed by atoms with Crippen LogP contribution in [0.1, 0.15) is 31.0 Å². The van der Waals surface area contributed by atoms with Crippen molar-refractivity contribution in [1.82, 2.24) is 9.80 Å². The molecular weight excluding hydrogens is 399 g/mol. The van der Waals surface area contributed by atoms with Crippen molar-refractivity contribution < 1.29 is 23.8 Å². The van der Waals surface area contributed by atoms with Crippen LogP contribution in [0.5, 0.6) is 5.75 Å². The summed E-state index contributed by atoms with van der Waals surface area (Å²) in [5.74, 6) is -1.53. The van der Waals surface area contributed by atoms with Crippen LogP contribution >= 0.6 is 0 Å². The highest BCUT2D eigenvalue weighted by Gasteiger charge is 2.45. The lowest BCUT2D eigenvalue weighted by Gasteiger charge is -2.28. The van der Waals surface area contributed by atoms with E-state index in [1.807, 2.05) is 13.8 Å². The molecule has 0 spiro atoms. The summed E-state index contributed by atoms with van der Waals surface area (Å²) >= 11 is 0. The Balaban J connectivity index is 2.08. The predicted octanol–water partition coefficient (Wildman–Crippen LogP) is 3.60. The number of likely N-dealkylation sites (tertiary alicyclic amines) is 1. The number of rotatable bonds is 8. The first-order valence-electron chi connectivity index (χ1n) is 10.3. The smallest absolute Gasteiger partial charge is 0.295 e. The SMILES string of the molecule is CCN(CC)CCN1C(=O)C(=O)C(=C(O)c2ccc(F)cc2)[C@H]1c1ccc(OC)cc1. The highest BCUT2D eigenvalue weighted by Crippen LogP contribution is 2.39. The molecule has 0 saturated carbocycles. The normalized spacial score (nSPS) is 18.1. The molecule has 7 heteroatoms. The Morgan fingerprint density at radius 1 is 1.06 bits per heavy atom. The van der Waals surface area contributed by atoms with Gasteiger partial charge in [-0.25, -0.2) is 4.39 Å². The summed E-state index contributed by atoms with van der Waals surface area (Å²) in [6.45, 7) is 6.65. The summed E-state index contributed by atoms with van der Waals surface area (Å²) in [6, 6.07) is 11.5. The van der Waals surface area contributed by atoms with Crippen LogP contribution in [0.25, 0.3) is 5.76 Å². The summed E-state index contributed by atoms with van der Waals surface area (Å²) in [6.07, 6.45) is 0. The van der Waals surface area contributed by atoms with Gasteiger partial charge in [0.1, 0.15) is 17.3 Å². The van der Waals surface area contributed by atoms with Crippen molar-refractivity contribution in [2.75, 3.05) is 33.3 Å². The van der Waals surface area contributed by atoms with E-state index in [2.05, 4.69) is 4.90 Å². The number of hydrogen-bond donors (Lipinski definition) is 1. The van der Waals surface area contributed by atoms with Crippen molar-refractivity contribution in [2.45, 2.75) is 19.9 Å². The molecule has 6 nitrogen and oxygen atoms in total. The quantitative estimate of drug-likeness (QED) is 0.397. The van der Waals surface area contributed by atoms with Crippen LogP contribution in [0, 0.1) is 5.82 Å². The Bertz CT molecular complexity index is 966. The van der Waals surface area contributed by atoms with Crippen molar-refractivity contribution in [2.24, 2.45) is 0 Å². The number of methoxy groups -OCH3 is 1. The molecule has 2 aromatic carbocycles.